The number of ether oxygens (including phenoxy) is 1. The van der Waals surface area contributed by atoms with Gasteiger partial charge in [-0.3, -0.25) is 0 Å². The number of hydrogen-bond donors (Lipinski definition) is 1. The Balaban J connectivity index is 1.99. The summed E-state index contributed by atoms with van der Waals surface area (Å²) in [5, 5.41) is 3.46. The fourth-order valence-electron chi connectivity index (χ4n) is 2.24. The zero-order valence-electron chi connectivity index (χ0n) is 9.97. The van der Waals surface area contributed by atoms with Crippen molar-refractivity contribution in [2.45, 2.75) is 39.2 Å². The molecule has 1 N–H and O–H groups in total. The molecule has 2 atom stereocenters. The van der Waals surface area contributed by atoms with Gasteiger partial charge in [0.05, 0.1) is 12.7 Å². The summed E-state index contributed by atoms with van der Waals surface area (Å²) in [4.78, 5) is 0. The van der Waals surface area contributed by atoms with Crippen molar-refractivity contribution in [2.75, 3.05) is 25.6 Å². The molecule has 0 spiro atoms. The molecule has 0 amide bonds. The van der Waals surface area contributed by atoms with Gasteiger partial charge in [-0.15, -0.1) is 11.6 Å². The van der Waals surface area contributed by atoms with E-state index in [9.17, 15) is 0 Å². The quantitative estimate of drug-likeness (QED) is 0.539. The van der Waals surface area contributed by atoms with Crippen molar-refractivity contribution in [2.24, 2.45) is 11.8 Å². The first-order valence-electron chi connectivity index (χ1n) is 6.12. The monoisotopic (exact) mass is 233 g/mol. The molecule has 1 fully saturated rings. The molecule has 15 heavy (non-hydrogen) atoms. The maximum atomic E-state index is 5.93. The predicted octanol–water partition coefficient (Wildman–Crippen LogP) is 2.66. The Morgan fingerprint density at radius 2 is 2.07 bits per heavy atom. The Morgan fingerprint density at radius 1 is 1.33 bits per heavy atom. The topological polar surface area (TPSA) is 21.3 Å². The van der Waals surface area contributed by atoms with E-state index in [1.165, 1.54) is 19.3 Å². The van der Waals surface area contributed by atoms with Crippen molar-refractivity contribution < 1.29 is 4.74 Å². The fraction of sp³-hybridized carbons (Fsp3) is 1.00. The highest BCUT2D eigenvalue weighted by Gasteiger charge is 2.25. The number of alkyl halides is 1. The highest BCUT2D eigenvalue weighted by Crippen LogP contribution is 2.31. The van der Waals surface area contributed by atoms with Gasteiger partial charge in [0.15, 0.2) is 0 Å². The third kappa shape index (κ3) is 5.19. The summed E-state index contributed by atoms with van der Waals surface area (Å²) in [5.41, 5.74) is 0. The Kier molecular flexibility index (Phi) is 6.62. The summed E-state index contributed by atoms with van der Waals surface area (Å²) in [5.74, 6) is 2.36. The fourth-order valence-corrected chi connectivity index (χ4v) is 2.65. The summed E-state index contributed by atoms with van der Waals surface area (Å²) < 4.78 is 5.47. The lowest BCUT2D eigenvalue weighted by Crippen LogP contribution is -2.29. The molecule has 3 heteroatoms. The number of rotatable bonds is 7. The smallest absolute Gasteiger partial charge is 0.0594 e. The van der Waals surface area contributed by atoms with E-state index >= 15 is 0 Å². The molecule has 0 bridgehead atoms. The molecule has 1 aliphatic carbocycles. The third-order valence-electron chi connectivity index (χ3n) is 3.15. The summed E-state index contributed by atoms with van der Waals surface area (Å²) in [7, 11) is 0. The van der Waals surface area contributed by atoms with E-state index < -0.39 is 0 Å². The second-order valence-electron chi connectivity index (χ2n) is 4.73. The van der Waals surface area contributed by atoms with E-state index in [1.807, 2.05) is 0 Å². The molecule has 0 saturated heterocycles. The van der Waals surface area contributed by atoms with Gasteiger partial charge < -0.3 is 10.1 Å². The largest absolute Gasteiger partial charge is 0.377 e. The lowest BCUT2D eigenvalue weighted by atomic mass is 9.98. The van der Waals surface area contributed by atoms with E-state index in [2.05, 4.69) is 19.2 Å². The maximum Gasteiger partial charge on any atom is 0.0594 e. The van der Waals surface area contributed by atoms with Crippen LogP contribution in [0.5, 0.6) is 0 Å². The van der Waals surface area contributed by atoms with Crippen LogP contribution in [0, 0.1) is 11.8 Å². The molecule has 0 radical (unpaired) electrons. The van der Waals surface area contributed by atoms with E-state index in [-0.39, 0.29) is 0 Å². The summed E-state index contributed by atoms with van der Waals surface area (Å²) >= 11 is 5.93. The van der Waals surface area contributed by atoms with Crippen LogP contribution in [-0.4, -0.2) is 31.7 Å². The average Bonchev–Trinajstić information content (AvgIpc) is 2.64. The van der Waals surface area contributed by atoms with Gasteiger partial charge in [-0.1, -0.05) is 6.42 Å². The Hall–Kier alpha value is 0.210. The second-order valence-corrected chi connectivity index (χ2v) is 5.04. The van der Waals surface area contributed by atoms with E-state index in [4.69, 9.17) is 16.3 Å². The number of halogens is 1. The van der Waals surface area contributed by atoms with Crippen LogP contribution >= 0.6 is 11.6 Å². The lowest BCUT2D eigenvalue weighted by Gasteiger charge is -2.17. The van der Waals surface area contributed by atoms with Crippen LogP contribution in [0.2, 0.25) is 0 Å². The van der Waals surface area contributed by atoms with Gasteiger partial charge in [0.25, 0.3) is 0 Å². The molecular weight excluding hydrogens is 210 g/mol. The first-order valence-corrected chi connectivity index (χ1v) is 6.65. The maximum absolute atomic E-state index is 5.93. The van der Waals surface area contributed by atoms with Gasteiger partial charge in [0.2, 0.25) is 0 Å². The van der Waals surface area contributed by atoms with Crippen LogP contribution in [0.15, 0.2) is 0 Å². The van der Waals surface area contributed by atoms with Crippen LogP contribution in [-0.2, 0) is 4.74 Å². The lowest BCUT2D eigenvalue weighted by molar-refractivity contribution is 0.0801. The minimum atomic E-state index is 0.342. The summed E-state index contributed by atoms with van der Waals surface area (Å²) in [6.45, 7) is 7.03. The normalized spacial score (nSPS) is 26.4. The van der Waals surface area contributed by atoms with Crippen molar-refractivity contribution in [3.8, 4) is 0 Å². The molecule has 1 aliphatic rings. The minimum absolute atomic E-state index is 0.342. The number of hydrogen-bond acceptors (Lipinski definition) is 2. The highest BCUT2D eigenvalue weighted by atomic mass is 35.5. The van der Waals surface area contributed by atoms with Crippen LogP contribution in [0.3, 0.4) is 0 Å². The molecule has 0 aromatic carbocycles. The van der Waals surface area contributed by atoms with Gasteiger partial charge in [-0.25, -0.2) is 0 Å². The van der Waals surface area contributed by atoms with Crippen LogP contribution in [0.1, 0.15) is 33.1 Å². The van der Waals surface area contributed by atoms with Gasteiger partial charge in [0, 0.05) is 12.4 Å². The van der Waals surface area contributed by atoms with Crippen molar-refractivity contribution in [1.82, 2.24) is 5.32 Å². The van der Waals surface area contributed by atoms with Gasteiger partial charge in [-0.05, 0) is 45.1 Å². The predicted molar refractivity (Wildman–Crippen MR) is 65.5 cm³/mol. The molecule has 90 valence electrons. The molecule has 2 nitrogen and oxygen atoms in total. The number of nitrogens with one attached hydrogen (secondary N) is 1. The van der Waals surface area contributed by atoms with Gasteiger partial charge >= 0.3 is 0 Å². The molecule has 0 aromatic heterocycles. The van der Waals surface area contributed by atoms with Crippen LogP contribution in [0.25, 0.3) is 0 Å². The highest BCUT2D eigenvalue weighted by molar-refractivity contribution is 6.18. The second kappa shape index (κ2) is 7.48. The molecule has 1 saturated carbocycles. The Labute approximate surface area is 98.7 Å². The van der Waals surface area contributed by atoms with Crippen molar-refractivity contribution >= 4 is 11.6 Å². The van der Waals surface area contributed by atoms with E-state index in [0.717, 1.165) is 37.4 Å². The van der Waals surface area contributed by atoms with Crippen molar-refractivity contribution in [1.29, 1.82) is 0 Å². The van der Waals surface area contributed by atoms with E-state index in [1.54, 1.807) is 0 Å². The zero-order chi connectivity index (χ0) is 11.1. The molecule has 0 aromatic rings. The molecule has 1 rings (SSSR count). The summed E-state index contributed by atoms with van der Waals surface area (Å²) in [6, 6.07) is 0. The SMILES string of the molecule is CC(C)OCCNCC1CCCC1CCl. The molecule has 0 aliphatic heterocycles. The first kappa shape index (κ1) is 13.3. The molecular formula is C12H24ClNO. The first-order chi connectivity index (χ1) is 7.24. The van der Waals surface area contributed by atoms with Gasteiger partial charge in [-0.2, -0.15) is 0 Å². The zero-order valence-corrected chi connectivity index (χ0v) is 10.7. The molecule has 0 heterocycles. The molecule has 2 unspecified atom stereocenters. The Bertz CT molecular complexity index is 164. The van der Waals surface area contributed by atoms with Crippen LogP contribution < -0.4 is 5.32 Å². The van der Waals surface area contributed by atoms with E-state index in [0.29, 0.717) is 6.10 Å². The minimum Gasteiger partial charge on any atom is -0.377 e. The van der Waals surface area contributed by atoms with Crippen LogP contribution in [0.4, 0.5) is 0 Å². The average molecular weight is 234 g/mol. The van der Waals surface area contributed by atoms with Gasteiger partial charge in [0.1, 0.15) is 0 Å². The summed E-state index contributed by atoms with van der Waals surface area (Å²) in [6.07, 6.45) is 4.36. The van der Waals surface area contributed by atoms with Crippen molar-refractivity contribution in [3.05, 3.63) is 0 Å². The Morgan fingerprint density at radius 3 is 2.73 bits per heavy atom. The van der Waals surface area contributed by atoms with Crippen molar-refractivity contribution in [3.63, 3.8) is 0 Å². The third-order valence-corrected chi connectivity index (χ3v) is 3.55. The standard InChI is InChI=1S/C12H24ClNO/c1-10(2)15-7-6-14-9-12-5-3-4-11(12)8-13/h10-12,14H,3-9H2,1-2H3.